The molecule has 0 bridgehead atoms. The maximum atomic E-state index is 12.6. The Balaban J connectivity index is 2.41. The van der Waals surface area contributed by atoms with Crippen LogP contribution >= 0.6 is 11.6 Å². The van der Waals surface area contributed by atoms with E-state index in [9.17, 15) is 13.2 Å². The Labute approximate surface area is 122 Å². The van der Waals surface area contributed by atoms with Gasteiger partial charge in [0.05, 0.1) is 13.4 Å². The van der Waals surface area contributed by atoms with E-state index in [1.54, 1.807) is 7.05 Å². The molecule has 0 N–H and O–H groups in total. The van der Waals surface area contributed by atoms with Crippen LogP contribution in [0.1, 0.15) is 19.3 Å². The zero-order valence-electron chi connectivity index (χ0n) is 11.2. The molecule has 20 heavy (non-hydrogen) atoms. The number of esters is 1. The van der Waals surface area contributed by atoms with E-state index in [0.29, 0.717) is 12.8 Å². The summed E-state index contributed by atoms with van der Waals surface area (Å²) >= 11 is 5.95. The summed E-state index contributed by atoms with van der Waals surface area (Å²) in [6, 6.07) is -0.808. The van der Waals surface area contributed by atoms with Gasteiger partial charge in [0.25, 0.3) is 10.0 Å². The molecular weight excluding hydrogens is 306 g/mol. The number of carbonyl (C=O) groups excluding carboxylic acids is 1. The average Bonchev–Trinajstić information content (AvgIpc) is 2.78. The fourth-order valence-electron chi connectivity index (χ4n) is 2.24. The molecule has 112 valence electrons. The van der Waals surface area contributed by atoms with Crippen LogP contribution in [0, 0.1) is 0 Å². The Morgan fingerprint density at radius 1 is 1.50 bits per heavy atom. The van der Waals surface area contributed by atoms with Crippen molar-refractivity contribution < 1.29 is 17.9 Å². The first-order valence-corrected chi connectivity index (χ1v) is 7.98. The lowest BCUT2D eigenvalue weighted by Gasteiger charge is -2.32. The molecule has 1 saturated heterocycles. The van der Waals surface area contributed by atoms with Gasteiger partial charge in [0, 0.05) is 13.6 Å². The van der Waals surface area contributed by atoms with E-state index in [2.05, 4.69) is 9.72 Å². The van der Waals surface area contributed by atoms with Crippen molar-refractivity contribution in [2.45, 2.75) is 30.3 Å². The van der Waals surface area contributed by atoms with E-state index in [-0.39, 0.29) is 16.7 Å². The molecule has 1 aliphatic rings. The van der Waals surface area contributed by atoms with E-state index in [0.717, 1.165) is 10.7 Å². The van der Waals surface area contributed by atoms with Gasteiger partial charge in [0.2, 0.25) is 5.03 Å². The quantitative estimate of drug-likeness (QED) is 0.769. The number of sulfonamides is 1. The highest BCUT2D eigenvalue weighted by molar-refractivity contribution is 7.89. The minimum Gasteiger partial charge on any atom is -0.468 e. The number of halogens is 1. The topological polar surface area (TPSA) is 81.5 Å². The minimum absolute atomic E-state index is 0.0270. The fourth-order valence-corrected chi connectivity index (χ4v) is 4.28. The standard InChI is InChI=1S/C11H16ClN3O4S/c1-14-7-13-10(9(14)12)20(17,18)15-6-4-3-5-8(15)11(16)19-2/h7-8H,3-6H2,1-2H3. The summed E-state index contributed by atoms with van der Waals surface area (Å²) in [5.74, 6) is -0.555. The van der Waals surface area contributed by atoms with Crippen molar-refractivity contribution in [2.24, 2.45) is 7.05 Å². The highest BCUT2D eigenvalue weighted by atomic mass is 35.5. The van der Waals surface area contributed by atoms with Crippen LogP contribution in [-0.2, 0) is 26.6 Å². The second-order valence-corrected chi connectivity index (χ2v) is 6.77. The number of carbonyl (C=O) groups is 1. The number of aryl methyl sites for hydroxylation is 1. The van der Waals surface area contributed by atoms with E-state index >= 15 is 0 Å². The third kappa shape index (κ3) is 2.55. The van der Waals surface area contributed by atoms with E-state index in [1.165, 1.54) is 18.0 Å². The normalized spacial score (nSPS) is 20.9. The molecule has 0 spiro atoms. The van der Waals surface area contributed by atoms with Crippen LogP contribution in [0.15, 0.2) is 11.4 Å². The van der Waals surface area contributed by atoms with Gasteiger partial charge in [-0.3, -0.25) is 4.79 Å². The molecule has 1 aromatic heterocycles. The molecular formula is C11H16ClN3O4S. The number of nitrogens with zero attached hydrogens (tertiary/aromatic N) is 3. The van der Waals surface area contributed by atoms with Crippen LogP contribution in [0.3, 0.4) is 0 Å². The summed E-state index contributed by atoms with van der Waals surface area (Å²) in [5, 5.41) is -0.198. The first-order chi connectivity index (χ1) is 9.39. The number of ether oxygens (including phenoxy) is 1. The smallest absolute Gasteiger partial charge is 0.324 e. The van der Waals surface area contributed by atoms with Gasteiger partial charge < -0.3 is 9.30 Å². The van der Waals surface area contributed by atoms with Crippen molar-refractivity contribution in [3.05, 3.63) is 11.5 Å². The second-order valence-electron chi connectivity index (χ2n) is 4.60. The molecule has 1 atom stereocenters. The summed E-state index contributed by atoms with van der Waals surface area (Å²) in [5.41, 5.74) is 0. The predicted molar refractivity (Wildman–Crippen MR) is 71.8 cm³/mol. The second kappa shape index (κ2) is 5.71. The molecule has 9 heteroatoms. The average molecular weight is 322 g/mol. The van der Waals surface area contributed by atoms with Gasteiger partial charge >= 0.3 is 5.97 Å². The van der Waals surface area contributed by atoms with Gasteiger partial charge in [-0.05, 0) is 19.3 Å². The number of aromatic nitrogens is 2. The fraction of sp³-hybridized carbons (Fsp3) is 0.636. The van der Waals surface area contributed by atoms with Crippen molar-refractivity contribution in [3.63, 3.8) is 0 Å². The van der Waals surface area contributed by atoms with Crippen molar-refractivity contribution >= 4 is 27.6 Å². The maximum Gasteiger partial charge on any atom is 0.324 e. The molecule has 1 fully saturated rings. The van der Waals surface area contributed by atoms with Crippen molar-refractivity contribution in [1.82, 2.24) is 13.9 Å². The first kappa shape index (κ1) is 15.3. The summed E-state index contributed by atoms with van der Waals surface area (Å²) in [7, 11) is -1.06. The Kier molecular flexibility index (Phi) is 4.36. The summed E-state index contributed by atoms with van der Waals surface area (Å²) in [6.07, 6.45) is 3.24. The number of hydrogen-bond donors (Lipinski definition) is 0. The lowest BCUT2D eigenvalue weighted by molar-refractivity contribution is -0.146. The molecule has 2 rings (SSSR count). The van der Waals surface area contributed by atoms with Crippen LogP contribution in [0.2, 0.25) is 5.15 Å². The van der Waals surface area contributed by atoms with Gasteiger partial charge in [-0.25, -0.2) is 13.4 Å². The van der Waals surface area contributed by atoms with Gasteiger partial charge in [-0.1, -0.05) is 11.6 Å². The maximum absolute atomic E-state index is 12.6. The van der Waals surface area contributed by atoms with E-state index in [1.807, 2.05) is 0 Å². The first-order valence-electron chi connectivity index (χ1n) is 6.16. The summed E-state index contributed by atoms with van der Waals surface area (Å²) in [4.78, 5) is 15.6. The third-order valence-corrected chi connectivity index (χ3v) is 5.71. The Hall–Kier alpha value is -1.12. The van der Waals surface area contributed by atoms with Crippen LogP contribution in [-0.4, -0.2) is 47.9 Å². The molecule has 1 aromatic rings. The van der Waals surface area contributed by atoms with Gasteiger partial charge in [0.1, 0.15) is 11.2 Å². The molecule has 0 saturated carbocycles. The highest BCUT2D eigenvalue weighted by Gasteiger charge is 2.40. The van der Waals surface area contributed by atoms with Gasteiger partial charge in [-0.2, -0.15) is 4.31 Å². The highest BCUT2D eigenvalue weighted by Crippen LogP contribution is 2.28. The van der Waals surface area contributed by atoms with Crippen molar-refractivity contribution in [3.8, 4) is 0 Å². The van der Waals surface area contributed by atoms with Crippen LogP contribution in [0.25, 0.3) is 0 Å². The number of hydrogen-bond acceptors (Lipinski definition) is 5. The molecule has 1 aliphatic heterocycles. The Bertz CT molecular complexity index is 613. The van der Waals surface area contributed by atoms with Crippen molar-refractivity contribution in [2.75, 3.05) is 13.7 Å². The Morgan fingerprint density at radius 2 is 2.20 bits per heavy atom. The molecule has 0 aromatic carbocycles. The molecule has 0 aliphatic carbocycles. The largest absolute Gasteiger partial charge is 0.468 e. The molecule has 0 amide bonds. The van der Waals surface area contributed by atoms with Crippen LogP contribution in [0.5, 0.6) is 0 Å². The Morgan fingerprint density at radius 3 is 2.75 bits per heavy atom. The summed E-state index contributed by atoms with van der Waals surface area (Å²) in [6.45, 7) is 0.259. The monoisotopic (exact) mass is 321 g/mol. The molecule has 1 unspecified atom stereocenters. The number of piperidine rings is 1. The zero-order chi connectivity index (χ0) is 14.9. The predicted octanol–water partition coefficient (Wildman–Crippen LogP) is 0.790. The van der Waals surface area contributed by atoms with Gasteiger partial charge in [0.15, 0.2) is 0 Å². The number of rotatable bonds is 3. The molecule has 0 radical (unpaired) electrons. The minimum atomic E-state index is -3.91. The summed E-state index contributed by atoms with van der Waals surface area (Å²) < 4.78 is 32.4. The van der Waals surface area contributed by atoms with Crippen LogP contribution in [0.4, 0.5) is 0 Å². The van der Waals surface area contributed by atoms with E-state index < -0.39 is 22.0 Å². The number of imidazole rings is 1. The zero-order valence-corrected chi connectivity index (χ0v) is 12.8. The molecule has 2 heterocycles. The van der Waals surface area contributed by atoms with Crippen molar-refractivity contribution in [1.29, 1.82) is 0 Å². The third-order valence-electron chi connectivity index (χ3n) is 3.31. The SMILES string of the molecule is COC(=O)C1CCCCN1S(=O)(=O)c1ncn(C)c1Cl. The lowest BCUT2D eigenvalue weighted by Crippen LogP contribution is -2.48. The lowest BCUT2D eigenvalue weighted by atomic mass is 10.1. The molecule has 7 nitrogen and oxygen atoms in total. The van der Waals surface area contributed by atoms with Gasteiger partial charge in [-0.15, -0.1) is 0 Å². The van der Waals surface area contributed by atoms with E-state index in [4.69, 9.17) is 11.6 Å². The number of methoxy groups -OCH3 is 1. The van der Waals surface area contributed by atoms with Crippen LogP contribution < -0.4 is 0 Å².